The zero-order valence-corrected chi connectivity index (χ0v) is 24.9. The minimum absolute atomic E-state index is 0.0394. The van der Waals surface area contributed by atoms with Crippen molar-refractivity contribution in [3.8, 4) is 11.5 Å². The SMILES string of the molecule is C=CCN1CC[C@]23c4c5ccc(O)c4O[C@H]2[C@@H](N(CC(C)C)S(=O)(=O)Cc2ccccc2)CC[C@@]3(OC(C)=O)[C@H]1C5. The van der Waals surface area contributed by atoms with Gasteiger partial charge in [-0.3, -0.25) is 9.69 Å². The van der Waals surface area contributed by atoms with Crippen molar-refractivity contribution < 1.29 is 27.8 Å². The second-order valence-electron chi connectivity index (χ2n) is 12.5. The van der Waals surface area contributed by atoms with Crippen LogP contribution in [-0.2, 0) is 37.1 Å². The average molecular weight is 581 g/mol. The first kappa shape index (κ1) is 28.2. The van der Waals surface area contributed by atoms with E-state index in [0.29, 0.717) is 44.5 Å². The van der Waals surface area contributed by atoms with Gasteiger partial charge >= 0.3 is 5.97 Å². The Balaban J connectivity index is 1.52. The number of aromatic hydroxyl groups is 1. The molecule has 0 amide bonds. The molecule has 1 N–H and O–H groups in total. The van der Waals surface area contributed by atoms with E-state index in [9.17, 15) is 18.3 Å². The summed E-state index contributed by atoms with van der Waals surface area (Å²) in [4.78, 5) is 15.2. The Morgan fingerprint density at radius 3 is 2.68 bits per heavy atom. The van der Waals surface area contributed by atoms with Crippen LogP contribution < -0.4 is 4.74 Å². The number of sulfonamides is 1. The lowest BCUT2D eigenvalue weighted by Crippen LogP contribution is -2.79. The molecule has 8 nitrogen and oxygen atoms in total. The number of hydrogen-bond acceptors (Lipinski definition) is 7. The fraction of sp³-hybridized carbons (Fsp3) is 0.531. The van der Waals surface area contributed by atoms with Crippen LogP contribution in [0.3, 0.4) is 0 Å². The number of benzene rings is 2. The number of rotatable bonds is 9. The number of carbonyl (C=O) groups excluding carboxylic acids is 1. The minimum atomic E-state index is -3.75. The van der Waals surface area contributed by atoms with Crippen LogP contribution >= 0.6 is 0 Å². The number of esters is 1. The molecule has 2 aromatic carbocycles. The van der Waals surface area contributed by atoms with Crippen molar-refractivity contribution in [2.45, 2.75) is 81.4 Å². The average Bonchev–Trinajstić information content (AvgIpc) is 3.26. The number of ether oxygens (including phenoxy) is 2. The van der Waals surface area contributed by atoms with Crippen molar-refractivity contribution in [3.63, 3.8) is 0 Å². The normalized spacial score (nSPS) is 30.1. The highest BCUT2D eigenvalue weighted by molar-refractivity contribution is 7.88. The van der Waals surface area contributed by atoms with Gasteiger partial charge in [0.25, 0.3) is 0 Å². The Morgan fingerprint density at radius 1 is 1.24 bits per heavy atom. The summed E-state index contributed by atoms with van der Waals surface area (Å²) in [6, 6.07) is 12.3. The molecule has 6 rings (SSSR count). The summed E-state index contributed by atoms with van der Waals surface area (Å²) in [5.74, 6) is 0.0683. The Kier molecular flexibility index (Phi) is 6.98. The molecule has 0 aromatic heterocycles. The minimum Gasteiger partial charge on any atom is -0.504 e. The van der Waals surface area contributed by atoms with Gasteiger partial charge in [-0.05, 0) is 48.8 Å². The van der Waals surface area contributed by atoms with Crippen LogP contribution in [0, 0.1) is 5.92 Å². The molecule has 1 saturated carbocycles. The summed E-state index contributed by atoms with van der Waals surface area (Å²) < 4.78 is 43.3. The van der Waals surface area contributed by atoms with Crippen LogP contribution in [0.25, 0.3) is 0 Å². The van der Waals surface area contributed by atoms with Gasteiger partial charge < -0.3 is 14.6 Å². The summed E-state index contributed by atoms with van der Waals surface area (Å²) in [5, 5.41) is 11.0. The molecular weight excluding hydrogens is 540 g/mol. The molecule has 2 aromatic rings. The molecule has 220 valence electrons. The second kappa shape index (κ2) is 10.1. The van der Waals surface area contributed by atoms with E-state index >= 15 is 0 Å². The highest BCUT2D eigenvalue weighted by atomic mass is 32.2. The zero-order chi connectivity index (χ0) is 29.2. The topological polar surface area (TPSA) is 96.4 Å². The van der Waals surface area contributed by atoms with Gasteiger partial charge in [0, 0.05) is 32.1 Å². The predicted octanol–water partition coefficient (Wildman–Crippen LogP) is 4.16. The number of piperidine rings is 1. The van der Waals surface area contributed by atoms with Crippen molar-refractivity contribution in [2.24, 2.45) is 5.92 Å². The molecule has 0 unspecified atom stereocenters. The standard InChI is InChI=1S/C32H40N2O6S/c1-5-16-33-17-15-31-28-24-11-12-26(36)29(28)39-30(31)25(13-14-32(31,27(33)18-24)40-22(4)35)34(19-21(2)3)41(37,38)20-23-9-7-6-8-10-23/h5-12,21,25,27,30,36H,1,13-20H2,2-4H3/t25-,27+,30-,31-,32+/m0/s1. The van der Waals surface area contributed by atoms with E-state index in [1.54, 1.807) is 10.4 Å². The molecule has 5 atom stereocenters. The van der Waals surface area contributed by atoms with Crippen molar-refractivity contribution >= 4 is 16.0 Å². The van der Waals surface area contributed by atoms with Gasteiger partial charge in [0.05, 0.1) is 23.3 Å². The monoisotopic (exact) mass is 580 g/mol. The molecule has 2 heterocycles. The number of hydrogen-bond donors (Lipinski definition) is 1. The smallest absolute Gasteiger partial charge is 0.303 e. The van der Waals surface area contributed by atoms with Gasteiger partial charge in [0.15, 0.2) is 11.5 Å². The van der Waals surface area contributed by atoms with Gasteiger partial charge in [-0.25, -0.2) is 8.42 Å². The maximum absolute atomic E-state index is 14.2. The van der Waals surface area contributed by atoms with Crippen molar-refractivity contribution in [1.29, 1.82) is 0 Å². The lowest BCUT2D eigenvalue weighted by atomic mass is 9.48. The highest BCUT2D eigenvalue weighted by Gasteiger charge is 2.75. The van der Waals surface area contributed by atoms with Crippen LogP contribution in [0.4, 0.5) is 0 Å². The third kappa shape index (κ3) is 4.22. The largest absolute Gasteiger partial charge is 0.504 e. The summed E-state index contributed by atoms with van der Waals surface area (Å²) >= 11 is 0. The number of phenols is 1. The molecule has 1 spiro atoms. The van der Waals surface area contributed by atoms with Crippen LogP contribution in [0.5, 0.6) is 11.5 Å². The number of carbonyl (C=O) groups is 1. The zero-order valence-electron chi connectivity index (χ0n) is 24.1. The quantitative estimate of drug-likeness (QED) is 0.352. The maximum atomic E-state index is 14.2. The molecular formula is C32H40N2O6S. The lowest BCUT2D eigenvalue weighted by Gasteiger charge is -2.65. The Morgan fingerprint density at radius 2 is 2.00 bits per heavy atom. The van der Waals surface area contributed by atoms with Crippen LogP contribution in [0.2, 0.25) is 0 Å². The van der Waals surface area contributed by atoms with E-state index in [1.807, 2.05) is 56.3 Å². The summed E-state index contributed by atoms with van der Waals surface area (Å²) in [7, 11) is -3.75. The molecule has 2 aliphatic heterocycles. The van der Waals surface area contributed by atoms with Gasteiger partial charge in [-0.15, -0.1) is 6.58 Å². The second-order valence-corrected chi connectivity index (χ2v) is 14.4. The molecule has 0 radical (unpaired) electrons. The number of phenolic OH excluding ortho intramolecular Hbond substituents is 1. The third-order valence-electron chi connectivity index (χ3n) is 9.66. The van der Waals surface area contributed by atoms with Crippen molar-refractivity contribution in [3.05, 3.63) is 71.8 Å². The van der Waals surface area contributed by atoms with Crippen LogP contribution in [0.1, 0.15) is 56.7 Å². The Bertz CT molecular complexity index is 1460. The maximum Gasteiger partial charge on any atom is 0.303 e. The van der Waals surface area contributed by atoms with Gasteiger partial charge in [-0.2, -0.15) is 4.31 Å². The van der Waals surface area contributed by atoms with Crippen molar-refractivity contribution in [2.75, 3.05) is 19.6 Å². The van der Waals surface area contributed by atoms with E-state index in [4.69, 9.17) is 9.47 Å². The first-order valence-corrected chi connectivity index (χ1v) is 16.2. The summed E-state index contributed by atoms with van der Waals surface area (Å²) in [5.41, 5.74) is 0.983. The van der Waals surface area contributed by atoms with Gasteiger partial charge in [0.1, 0.15) is 11.7 Å². The molecule has 4 aliphatic rings. The first-order chi connectivity index (χ1) is 19.5. The molecule has 1 saturated heterocycles. The fourth-order valence-corrected chi connectivity index (χ4v) is 10.3. The predicted molar refractivity (Wildman–Crippen MR) is 156 cm³/mol. The summed E-state index contributed by atoms with van der Waals surface area (Å²) in [6.07, 6.45) is 3.50. The van der Waals surface area contributed by atoms with Crippen LogP contribution in [0.15, 0.2) is 55.1 Å². The highest BCUT2D eigenvalue weighted by Crippen LogP contribution is 2.67. The van der Waals surface area contributed by atoms with E-state index < -0.39 is 33.2 Å². The Hall–Kier alpha value is -2.88. The number of likely N-dealkylation sites (tertiary alicyclic amines) is 1. The lowest BCUT2D eigenvalue weighted by molar-refractivity contribution is -0.220. The number of nitrogens with zero attached hydrogens (tertiary/aromatic N) is 2. The van der Waals surface area contributed by atoms with E-state index in [-0.39, 0.29) is 29.4 Å². The fourth-order valence-electron chi connectivity index (χ4n) is 8.40. The first-order valence-electron chi connectivity index (χ1n) is 14.6. The van der Waals surface area contributed by atoms with Gasteiger partial charge in [0.2, 0.25) is 10.0 Å². The Labute approximate surface area is 243 Å². The molecule has 9 heteroatoms. The van der Waals surface area contributed by atoms with Crippen LogP contribution in [-0.4, -0.2) is 72.1 Å². The van der Waals surface area contributed by atoms with E-state index in [2.05, 4.69) is 11.5 Å². The van der Waals surface area contributed by atoms with E-state index in [0.717, 1.165) is 23.2 Å². The summed E-state index contributed by atoms with van der Waals surface area (Å²) in [6.45, 7) is 11.2. The molecule has 41 heavy (non-hydrogen) atoms. The van der Waals surface area contributed by atoms with Crippen molar-refractivity contribution in [1.82, 2.24) is 9.21 Å². The van der Waals surface area contributed by atoms with Gasteiger partial charge in [-0.1, -0.05) is 56.3 Å². The third-order valence-corrected chi connectivity index (χ3v) is 11.5. The molecule has 2 fully saturated rings. The van der Waals surface area contributed by atoms with E-state index in [1.165, 1.54) is 6.92 Å². The molecule has 2 bridgehead atoms. The molecule has 2 aliphatic carbocycles.